The van der Waals surface area contributed by atoms with Gasteiger partial charge in [0.1, 0.15) is 29.5 Å². The highest BCUT2D eigenvalue weighted by molar-refractivity contribution is 5.98. The molecule has 0 fully saturated rings. The molecule has 0 aliphatic carbocycles. The smallest absolute Gasteiger partial charge is 0.341 e. The Hall–Kier alpha value is -3.62. The molecular formula is C17H15FN4O4. The zero-order chi connectivity index (χ0) is 18.7. The number of nitrogen functional groups attached to an aromatic ring is 1. The SMILES string of the molecule is COc1cc(N)cc2ncnc(Nc3ccc(F)cc3OCC(=O)O)c12. The van der Waals surface area contributed by atoms with Crippen LogP contribution in [0.3, 0.4) is 0 Å². The number of benzene rings is 2. The van der Waals surface area contributed by atoms with Crippen LogP contribution in [0.1, 0.15) is 0 Å². The average Bonchev–Trinajstić information content (AvgIpc) is 2.61. The minimum Gasteiger partial charge on any atom is -0.496 e. The number of carboxylic acid groups (broad SMARTS) is 1. The van der Waals surface area contributed by atoms with Crippen LogP contribution in [0.25, 0.3) is 10.9 Å². The topological polar surface area (TPSA) is 120 Å². The number of nitrogens with zero attached hydrogens (tertiary/aromatic N) is 2. The van der Waals surface area contributed by atoms with Gasteiger partial charge in [0.15, 0.2) is 6.61 Å². The number of carbonyl (C=O) groups is 1. The highest BCUT2D eigenvalue weighted by Crippen LogP contribution is 2.35. The molecule has 0 spiro atoms. The predicted octanol–water partition coefficient (Wildman–Crippen LogP) is 2.57. The molecule has 2 aromatic carbocycles. The van der Waals surface area contributed by atoms with Crippen molar-refractivity contribution in [3.8, 4) is 11.5 Å². The van der Waals surface area contributed by atoms with Gasteiger partial charge in [0.05, 0.1) is 23.7 Å². The fourth-order valence-electron chi connectivity index (χ4n) is 2.42. The Kier molecular flexibility index (Phi) is 4.70. The summed E-state index contributed by atoms with van der Waals surface area (Å²) in [6.07, 6.45) is 1.34. The lowest BCUT2D eigenvalue weighted by molar-refractivity contribution is -0.139. The van der Waals surface area contributed by atoms with Gasteiger partial charge >= 0.3 is 5.97 Å². The third kappa shape index (κ3) is 3.56. The molecule has 26 heavy (non-hydrogen) atoms. The highest BCUT2D eigenvalue weighted by Gasteiger charge is 2.14. The van der Waals surface area contributed by atoms with Crippen LogP contribution in [0.4, 0.5) is 21.6 Å². The largest absolute Gasteiger partial charge is 0.496 e. The number of fused-ring (bicyclic) bond motifs is 1. The van der Waals surface area contributed by atoms with E-state index in [2.05, 4.69) is 15.3 Å². The Morgan fingerprint density at radius 1 is 1.27 bits per heavy atom. The van der Waals surface area contributed by atoms with E-state index in [1.54, 1.807) is 12.1 Å². The van der Waals surface area contributed by atoms with Gasteiger partial charge < -0.3 is 25.6 Å². The fraction of sp³-hybridized carbons (Fsp3) is 0.118. The van der Waals surface area contributed by atoms with Crippen LogP contribution in [0, 0.1) is 5.82 Å². The second-order valence-corrected chi connectivity index (χ2v) is 5.29. The molecule has 0 amide bonds. The molecule has 0 aliphatic rings. The third-order valence-electron chi connectivity index (χ3n) is 3.49. The van der Waals surface area contributed by atoms with Gasteiger partial charge in [-0.25, -0.2) is 19.2 Å². The Balaban J connectivity index is 2.05. The van der Waals surface area contributed by atoms with E-state index in [9.17, 15) is 9.18 Å². The summed E-state index contributed by atoms with van der Waals surface area (Å²) in [5.74, 6) is -0.871. The summed E-state index contributed by atoms with van der Waals surface area (Å²) in [7, 11) is 1.49. The van der Waals surface area contributed by atoms with Crippen LogP contribution < -0.4 is 20.5 Å². The van der Waals surface area contributed by atoms with Crippen LogP contribution in [-0.2, 0) is 4.79 Å². The number of hydrogen-bond donors (Lipinski definition) is 3. The van der Waals surface area contributed by atoms with Gasteiger partial charge in [-0.2, -0.15) is 0 Å². The molecule has 0 unspecified atom stereocenters. The zero-order valence-corrected chi connectivity index (χ0v) is 13.7. The molecule has 0 saturated heterocycles. The van der Waals surface area contributed by atoms with Gasteiger partial charge in [0, 0.05) is 17.8 Å². The number of nitrogens with one attached hydrogen (secondary N) is 1. The number of ether oxygens (including phenoxy) is 2. The maximum Gasteiger partial charge on any atom is 0.341 e. The highest BCUT2D eigenvalue weighted by atomic mass is 19.1. The lowest BCUT2D eigenvalue weighted by Crippen LogP contribution is -2.11. The number of aromatic nitrogens is 2. The van der Waals surface area contributed by atoms with Gasteiger partial charge in [-0.05, 0) is 18.2 Å². The summed E-state index contributed by atoms with van der Waals surface area (Å²) in [6, 6.07) is 7.02. The first kappa shape index (κ1) is 17.2. The summed E-state index contributed by atoms with van der Waals surface area (Å²) in [4.78, 5) is 19.1. The van der Waals surface area contributed by atoms with Gasteiger partial charge in [-0.15, -0.1) is 0 Å². The van der Waals surface area contributed by atoms with Gasteiger partial charge in [0.25, 0.3) is 0 Å². The molecular weight excluding hydrogens is 343 g/mol. The molecule has 9 heteroatoms. The van der Waals surface area contributed by atoms with E-state index in [0.717, 1.165) is 6.07 Å². The van der Waals surface area contributed by atoms with E-state index in [0.29, 0.717) is 33.8 Å². The molecule has 3 rings (SSSR count). The molecule has 0 saturated carbocycles. The Morgan fingerprint density at radius 3 is 2.81 bits per heavy atom. The van der Waals surface area contributed by atoms with Crippen LogP contribution in [0.15, 0.2) is 36.7 Å². The van der Waals surface area contributed by atoms with Crippen LogP contribution in [0.2, 0.25) is 0 Å². The normalized spacial score (nSPS) is 10.5. The van der Waals surface area contributed by atoms with Crippen molar-refractivity contribution in [3.05, 3.63) is 42.5 Å². The monoisotopic (exact) mass is 358 g/mol. The van der Waals surface area contributed by atoms with E-state index >= 15 is 0 Å². The summed E-state index contributed by atoms with van der Waals surface area (Å²) in [5, 5.41) is 12.3. The third-order valence-corrected chi connectivity index (χ3v) is 3.49. The minimum atomic E-state index is -1.18. The fourth-order valence-corrected chi connectivity index (χ4v) is 2.42. The molecule has 0 radical (unpaired) electrons. The van der Waals surface area contributed by atoms with Crippen molar-refractivity contribution in [3.63, 3.8) is 0 Å². The molecule has 8 nitrogen and oxygen atoms in total. The second-order valence-electron chi connectivity index (χ2n) is 5.29. The molecule has 1 heterocycles. The Morgan fingerprint density at radius 2 is 2.08 bits per heavy atom. The van der Waals surface area contributed by atoms with Crippen molar-refractivity contribution >= 4 is 34.1 Å². The van der Waals surface area contributed by atoms with E-state index < -0.39 is 18.4 Å². The van der Waals surface area contributed by atoms with E-state index in [4.69, 9.17) is 20.3 Å². The minimum absolute atomic E-state index is 0.0357. The molecule has 3 aromatic rings. The van der Waals surface area contributed by atoms with E-state index in [1.165, 1.54) is 25.6 Å². The maximum atomic E-state index is 13.5. The predicted molar refractivity (Wildman–Crippen MR) is 93.3 cm³/mol. The van der Waals surface area contributed by atoms with Crippen LogP contribution >= 0.6 is 0 Å². The number of rotatable bonds is 6. The average molecular weight is 358 g/mol. The van der Waals surface area contributed by atoms with Crippen LogP contribution in [0.5, 0.6) is 11.5 Å². The lowest BCUT2D eigenvalue weighted by Gasteiger charge is -2.15. The lowest BCUT2D eigenvalue weighted by atomic mass is 10.2. The van der Waals surface area contributed by atoms with Crippen molar-refractivity contribution in [1.82, 2.24) is 9.97 Å². The van der Waals surface area contributed by atoms with Crippen LogP contribution in [-0.4, -0.2) is 34.8 Å². The van der Waals surface area contributed by atoms with Crippen molar-refractivity contribution in [2.45, 2.75) is 0 Å². The number of halogens is 1. The summed E-state index contributed by atoms with van der Waals surface area (Å²) in [6.45, 7) is -0.609. The quantitative estimate of drug-likeness (QED) is 0.575. The maximum absolute atomic E-state index is 13.5. The molecule has 1 aromatic heterocycles. The molecule has 134 valence electrons. The number of nitrogens with two attached hydrogens (primary N) is 1. The first-order chi connectivity index (χ1) is 12.5. The van der Waals surface area contributed by atoms with Gasteiger partial charge in [0.2, 0.25) is 0 Å². The number of aliphatic carboxylic acids is 1. The Labute approximate surface area is 147 Å². The first-order valence-corrected chi connectivity index (χ1v) is 7.47. The summed E-state index contributed by atoms with van der Waals surface area (Å²) < 4.78 is 24.0. The number of carboxylic acids is 1. The second kappa shape index (κ2) is 7.09. The standard InChI is InChI=1S/C17H15FN4O4/c1-25-14-6-10(19)5-12-16(14)17(21-8-20-12)22-11-3-2-9(18)4-13(11)26-7-15(23)24/h2-6,8H,7,19H2,1H3,(H,23,24)(H,20,21,22). The Bertz CT molecular complexity index is 980. The van der Waals surface area contributed by atoms with Crippen molar-refractivity contribution in [2.24, 2.45) is 0 Å². The van der Waals surface area contributed by atoms with Gasteiger partial charge in [-0.3, -0.25) is 0 Å². The van der Waals surface area contributed by atoms with Crippen molar-refractivity contribution in [2.75, 3.05) is 24.8 Å². The van der Waals surface area contributed by atoms with Crippen molar-refractivity contribution in [1.29, 1.82) is 0 Å². The molecule has 0 aliphatic heterocycles. The van der Waals surface area contributed by atoms with Gasteiger partial charge in [-0.1, -0.05) is 0 Å². The molecule has 0 atom stereocenters. The number of hydrogen-bond acceptors (Lipinski definition) is 7. The summed E-state index contributed by atoms with van der Waals surface area (Å²) in [5.41, 5.74) is 7.20. The first-order valence-electron chi connectivity index (χ1n) is 7.47. The molecule has 4 N–H and O–H groups in total. The number of methoxy groups -OCH3 is 1. The number of anilines is 3. The van der Waals surface area contributed by atoms with Crippen molar-refractivity contribution < 1.29 is 23.8 Å². The van der Waals surface area contributed by atoms with E-state index in [1.807, 2.05) is 0 Å². The summed E-state index contributed by atoms with van der Waals surface area (Å²) >= 11 is 0. The zero-order valence-electron chi connectivity index (χ0n) is 13.7. The van der Waals surface area contributed by atoms with E-state index in [-0.39, 0.29) is 5.75 Å². The molecule has 0 bridgehead atoms.